The van der Waals surface area contributed by atoms with Crippen molar-refractivity contribution >= 4 is 18.0 Å². The number of hydrogen-bond acceptors (Lipinski definition) is 5. The van der Waals surface area contributed by atoms with Gasteiger partial charge < -0.3 is 24.6 Å². The molecule has 0 bridgehead atoms. The molecule has 26 heavy (non-hydrogen) atoms. The van der Waals surface area contributed by atoms with E-state index in [1.54, 1.807) is 19.0 Å². The molecule has 0 radical (unpaired) electrons. The van der Waals surface area contributed by atoms with Crippen molar-refractivity contribution in [2.24, 2.45) is 10.9 Å². The first-order valence-corrected chi connectivity index (χ1v) is 9.24. The van der Waals surface area contributed by atoms with Crippen LogP contribution in [-0.2, 0) is 14.3 Å². The van der Waals surface area contributed by atoms with Crippen molar-refractivity contribution in [3.63, 3.8) is 0 Å². The summed E-state index contributed by atoms with van der Waals surface area (Å²) in [7, 11) is 3.45. The summed E-state index contributed by atoms with van der Waals surface area (Å²) >= 11 is 0. The maximum atomic E-state index is 12.0. The van der Waals surface area contributed by atoms with E-state index in [4.69, 9.17) is 9.47 Å². The Hall–Kier alpha value is -1.99. The van der Waals surface area contributed by atoms with Gasteiger partial charge in [-0.3, -0.25) is 9.79 Å². The summed E-state index contributed by atoms with van der Waals surface area (Å²) in [5.41, 5.74) is -0.502. The molecule has 0 spiro atoms. The molecule has 8 nitrogen and oxygen atoms in total. The molecule has 1 aliphatic rings. The molecule has 1 saturated heterocycles. The summed E-state index contributed by atoms with van der Waals surface area (Å²) < 4.78 is 10.4. The Morgan fingerprint density at radius 1 is 1.27 bits per heavy atom. The average molecular weight is 370 g/mol. The van der Waals surface area contributed by atoms with Crippen molar-refractivity contribution in [1.29, 1.82) is 0 Å². The number of likely N-dealkylation sites (tertiary alicyclic amines) is 1. The fourth-order valence-corrected chi connectivity index (χ4v) is 2.69. The third kappa shape index (κ3) is 7.49. The maximum absolute atomic E-state index is 12.0. The second-order valence-corrected chi connectivity index (χ2v) is 7.39. The predicted octanol–water partition coefficient (Wildman–Crippen LogP) is 1.70. The first-order valence-electron chi connectivity index (χ1n) is 9.24. The number of likely N-dealkylation sites (N-methyl/N-ethyl adjacent to an activating group) is 1. The third-order valence-electron chi connectivity index (χ3n) is 4.06. The molecule has 150 valence electrons. The molecule has 8 heteroatoms. The molecule has 0 aromatic rings. The molecule has 1 fully saturated rings. The van der Waals surface area contributed by atoms with Crippen LogP contribution in [0.5, 0.6) is 0 Å². The monoisotopic (exact) mass is 370 g/mol. The Morgan fingerprint density at radius 2 is 1.88 bits per heavy atom. The predicted molar refractivity (Wildman–Crippen MR) is 101 cm³/mol. The second-order valence-electron chi connectivity index (χ2n) is 7.39. The van der Waals surface area contributed by atoms with Crippen molar-refractivity contribution in [1.82, 2.24) is 15.1 Å². The number of nitrogens with one attached hydrogen (secondary N) is 1. The van der Waals surface area contributed by atoms with Crippen molar-refractivity contribution in [2.75, 3.05) is 46.9 Å². The minimum Gasteiger partial charge on any atom is -0.466 e. The van der Waals surface area contributed by atoms with Crippen LogP contribution in [0.2, 0.25) is 0 Å². The van der Waals surface area contributed by atoms with E-state index >= 15 is 0 Å². The zero-order valence-corrected chi connectivity index (χ0v) is 17.0. The molecule has 0 aromatic heterocycles. The number of carbonyl (C=O) groups is 2. The minimum absolute atomic E-state index is 0.0254. The van der Waals surface area contributed by atoms with Crippen molar-refractivity contribution in [3.8, 4) is 0 Å². The molecular formula is C18H34N4O4. The summed E-state index contributed by atoms with van der Waals surface area (Å²) in [4.78, 5) is 31.7. The highest BCUT2D eigenvalue weighted by Gasteiger charge is 2.27. The smallest absolute Gasteiger partial charge is 0.410 e. The van der Waals surface area contributed by atoms with E-state index in [0.717, 1.165) is 31.9 Å². The Bertz CT molecular complexity index is 494. The van der Waals surface area contributed by atoms with Crippen LogP contribution >= 0.6 is 0 Å². The summed E-state index contributed by atoms with van der Waals surface area (Å²) in [5.74, 6) is 0.654. The SMILES string of the molecule is CCOC(=O)C1CCN(C(=NC)NCCN(C)C(=O)OC(C)(C)C)CC1. The van der Waals surface area contributed by atoms with Gasteiger partial charge in [0.25, 0.3) is 0 Å². The first-order chi connectivity index (χ1) is 12.2. The number of nitrogens with zero attached hydrogens (tertiary/aromatic N) is 3. The lowest BCUT2D eigenvalue weighted by molar-refractivity contribution is -0.149. The topological polar surface area (TPSA) is 83.5 Å². The van der Waals surface area contributed by atoms with E-state index in [1.165, 1.54) is 0 Å². The number of aliphatic imine (C=N–C) groups is 1. The van der Waals surface area contributed by atoms with Crippen molar-refractivity contribution in [3.05, 3.63) is 0 Å². The van der Waals surface area contributed by atoms with Gasteiger partial charge in [-0.25, -0.2) is 4.79 Å². The molecule has 0 saturated carbocycles. The van der Waals surface area contributed by atoms with Gasteiger partial charge in [0.2, 0.25) is 0 Å². The number of hydrogen-bond donors (Lipinski definition) is 1. The number of esters is 1. The Balaban J connectivity index is 2.38. The first kappa shape index (κ1) is 22.1. The lowest BCUT2D eigenvalue weighted by Gasteiger charge is -2.33. The molecular weight excluding hydrogens is 336 g/mol. The Labute approximate surface area is 156 Å². The van der Waals surface area contributed by atoms with E-state index in [2.05, 4.69) is 15.2 Å². The molecule has 0 aromatic carbocycles. The molecule has 1 N–H and O–H groups in total. The third-order valence-corrected chi connectivity index (χ3v) is 4.06. The van der Waals surface area contributed by atoms with Gasteiger partial charge in [0, 0.05) is 40.3 Å². The van der Waals surface area contributed by atoms with E-state index in [1.807, 2.05) is 27.7 Å². The summed E-state index contributed by atoms with van der Waals surface area (Å²) in [5, 5.41) is 3.27. The molecule has 0 unspecified atom stereocenters. The zero-order chi connectivity index (χ0) is 19.7. The molecule has 1 amide bonds. The second kappa shape index (κ2) is 10.2. The van der Waals surface area contributed by atoms with Gasteiger partial charge in [-0.2, -0.15) is 0 Å². The van der Waals surface area contributed by atoms with E-state index in [0.29, 0.717) is 19.7 Å². The van der Waals surface area contributed by atoms with Crippen LogP contribution in [0.1, 0.15) is 40.5 Å². The van der Waals surface area contributed by atoms with Gasteiger partial charge in [-0.05, 0) is 40.5 Å². The number of piperidine rings is 1. The largest absolute Gasteiger partial charge is 0.466 e. The lowest BCUT2D eigenvalue weighted by Crippen LogP contribution is -2.48. The van der Waals surface area contributed by atoms with Gasteiger partial charge in [0.1, 0.15) is 5.60 Å². The maximum Gasteiger partial charge on any atom is 0.410 e. The van der Waals surface area contributed by atoms with Gasteiger partial charge in [0.15, 0.2) is 5.96 Å². The molecule has 1 rings (SSSR count). The van der Waals surface area contributed by atoms with Gasteiger partial charge >= 0.3 is 12.1 Å². The van der Waals surface area contributed by atoms with Crippen LogP contribution in [0.25, 0.3) is 0 Å². The highest BCUT2D eigenvalue weighted by molar-refractivity contribution is 5.80. The zero-order valence-electron chi connectivity index (χ0n) is 17.0. The van der Waals surface area contributed by atoms with Crippen LogP contribution in [0, 0.1) is 5.92 Å². The molecule has 1 aliphatic heterocycles. The van der Waals surface area contributed by atoms with Crippen LogP contribution in [0.3, 0.4) is 0 Å². The van der Waals surface area contributed by atoms with E-state index in [-0.39, 0.29) is 18.0 Å². The van der Waals surface area contributed by atoms with Crippen LogP contribution in [0.15, 0.2) is 4.99 Å². The number of guanidine groups is 1. The fourth-order valence-electron chi connectivity index (χ4n) is 2.69. The van der Waals surface area contributed by atoms with Crippen molar-refractivity contribution < 1.29 is 19.1 Å². The standard InChI is InChI=1S/C18H34N4O4/c1-7-25-15(23)14-8-11-22(12-9-14)16(19-5)20-10-13-21(6)17(24)26-18(2,3)4/h14H,7-13H2,1-6H3,(H,19,20). The average Bonchev–Trinajstić information content (AvgIpc) is 2.57. The number of ether oxygens (including phenoxy) is 2. The quantitative estimate of drug-likeness (QED) is 0.451. The Kier molecular flexibility index (Phi) is 8.68. The molecule has 0 atom stereocenters. The highest BCUT2D eigenvalue weighted by Crippen LogP contribution is 2.18. The van der Waals surface area contributed by atoms with Crippen molar-refractivity contribution in [2.45, 2.75) is 46.1 Å². The van der Waals surface area contributed by atoms with Crippen LogP contribution in [-0.4, -0.2) is 80.3 Å². The fraction of sp³-hybridized carbons (Fsp3) is 0.833. The lowest BCUT2D eigenvalue weighted by atomic mass is 9.97. The molecule has 1 heterocycles. The number of rotatable bonds is 5. The van der Waals surface area contributed by atoms with Gasteiger partial charge in [-0.1, -0.05) is 0 Å². The highest BCUT2D eigenvalue weighted by atomic mass is 16.6. The normalized spacial score (nSPS) is 16.2. The van der Waals surface area contributed by atoms with Gasteiger partial charge in [0.05, 0.1) is 12.5 Å². The summed E-state index contributed by atoms with van der Waals surface area (Å²) in [6.45, 7) is 10.4. The Morgan fingerprint density at radius 3 is 2.38 bits per heavy atom. The summed E-state index contributed by atoms with van der Waals surface area (Å²) in [6.07, 6.45) is 1.18. The van der Waals surface area contributed by atoms with Gasteiger partial charge in [-0.15, -0.1) is 0 Å². The van der Waals surface area contributed by atoms with E-state index < -0.39 is 5.60 Å². The minimum atomic E-state index is -0.502. The van der Waals surface area contributed by atoms with Crippen LogP contribution < -0.4 is 5.32 Å². The van der Waals surface area contributed by atoms with Crippen LogP contribution in [0.4, 0.5) is 4.79 Å². The summed E-state index contributed by atoms with van der Waals surface area (Å²) in [6, 6.07) is 0. The molecule has 0 aliphatic carbocycles. The number of carbonyl (C=O) groups excluding carboxylic acids is 2. The number of amides is 1. The van der Waals surface area contributed by atoms with E-state index in [9.17, 15) is 9.59 Å².